The predicted octanol–water partition coefficient (Wildman–Crippen LogP) is 4.41. The maximum atomic E-state index is 12.0. The number of fused-ring (bicyclic) bond motifs is 1. The lowest BCUT2D eigenvalue weighted by atomic mass is 10.1. The quantitative estimate of drug-likeness (QED) is 0.575. The molecule has 0 saturated carbocycles. The van der Waals surface area contributed by atoms with Crippen LogP contribution in [0.4, 0.5) is 16.3 Å². The van der Waals surface area contributed by atoms with Gasteiger partial charge in [-0.1, -0.05) is 0 Å². The smallest absolute Gasteiger partial charge is 0.307 e. The third kappa shape index (κ3) is 3.36. The number of rotatable bonds is 3. The second-order valence-electron chi connectivity index (χ2n) is 5.59. The number of aryl methyl sites for hydroxylation is 1. The Morgan fingerprint density at radius 1 is 1.12 bits per heavy atom. The molecule has 0 aliphatic rings. The molecule has 0 aromatic carbocycles. The zero-order chi connectivity index (χ0) is 17.2. The highest BCUT2D eigenvalue weighted by Gasteiger charge is 2.08. The number of imidazole rings is 1. The van der Waals surface area contributed by atoms with Crippen LogP contribution < -0.4 is 10.6 Å². The van der Waals surface area contributed by atoms with E-state index in [9.17, 15) is 4.79 Å². The molecule has 0 bridgehead atoms. The number of amides is 2. The molecule has 4 rings (SSSR count). The number of urea groups is 1. The predicted molar refractivity (Wildman–Crippen MR) is 100 cm³/mol. The van der Waals surface area contributed by atoms with Crippen molar-refractivity contribution in [3.63, 3.8) is 0 Å². The fourth-order valence-corrected chi connectivity index (χ4v) is 3.15. The molecular weight excluding hydrogens is 334 g/mol. The minimum absolute atomic E-state index is 0.313. The van der Waals surface area contributed by atoms with E-state index < -0.39 is 0 Å². The summed E-state index contributed by atoms with van der Waals surface area (Å²) >= 11 is 1.53. The van der Waals surface area contributed by atoms with E-state index in [4.69, 9.17) is 0 Å². The van der Waals surface area contributed by atoms with Gasteiger partial charge in [-0.15, -0.1) is 0 Å². The van der Waals surface area contributed by atoms with Crippen LogP contribution in [0.1, 0.15) is 5.69 Å². The number of carbonyl (C=O) groups excluding carboxylic acids is 1. The van der Waals surface area contributed by atoms with Gasteiger partial charge in [-0.25, -0.2) is 9.78 Å². The average molecular weight is 349 g/mol. The number of carbonyl (C=O) groups is 1. The van der Waals surface area contributed by atoms with Crippen LogP contribution >= 0.6 is 11.3 Å². The molecule has 124 valence electrons. The summed E-state index contributed by atoms with van der Waals surface area (Å²) in [4.78, 5) is 20.6. The molecule has 0 aliphatic heterocycles. The van der Waals surface area contributed by atoms with Gasteiger partial charge < -0.3 is 9.72 Å². The van der Waals surface area contributed by atoms with Crippen LogP contribution in [0, 0.1) is 6.92 Å². The number of nitrogens with one attached hydrogen (secondary N) is 2. The molecule has 4 aromatic heterocycles. The summed E-state index contributed by atoms with van der Waals surface area (Å²) in [6.07, 6.45) is 5.57. The Kier molecular flexibility index (Phi) is 3.91. The van der Waals surface area contributed by atoms with Crippen molar-refractivity contribution in [2.45, 2.75) is 6.92 Å². The molecule has 0 unspecified atom stereocenters. The number of hydrogen-bond acceptors (Lipinski definition) is 4. The van der Waals surface area contributed by atoms with Crippen LogP contribution in [-0.2, 0) is 0 Å². The first-order valence-corrected chi connectivity index (χ1v) is 8.64. The number of thiophene rings is 1. The fraction of sp³-hybridized carbons (Fsp3) is 0.0556. The molecule has 0 saturated heterocycles. The number of hydrogen-bond donors (Lipinski definition) is 2. The maximum Gasteiger partial charge on any atom is 0.324 e. The summed E-state index contributed by atoms with van der Waals surface area (Å²) < 4.78 is 1.89. The molecule has 4 aromatic rings. The van der Waals surface area contributed by atoms with Gasteiger partial charge in [-0.3, -0.25) is 10.3 Å². The SMILES string of the molecule is Cc1cc(-c2ccc3nc(NC(=O)Nc4ccsc4)cn3c2)ccn1. The van der Waals surface area contributed by atoms with Gasteiger partial charge in [0.05, 0.1) is 11.9 Å². The summed E-state index contributed by atoms with van der Waals surface area (Å²) in [5.74, 6) is 0.496. The molecule has 25 heavy (non-hydrogen) atoms. The van der Waals surface area contributed by atoms with E-state index in [0.29, 0.717) is 5.82 Å². The number of anilines is 2. The fourth-order valence-electron chi connectivity index (χ4n) is 2.56. The summed E-state index contributed by atoms with van der Waals surface area (Å²) in [6, 6.07) is 9.47. The van der Waals surface area contributed by atoms with Crippen LogP contribution in [0.3, 0.4) is 0 Å². The Hall–Kier alpha value is -3.19. The lowest BCUT2D eigenvalue weighted by molar-refractivity contribution is 0.262. The highest BCUT2D eigenvalue weighted by Crippen LogP contribution is 2.21. The standard InChI is InChI=1S/C18H15N5OS/c1-12-8-13(4-6-19-12)14-2-3-17-21-16(10-23(17)9-14)22-18(24)20-15-5-7-25-11-15/h2-11H,1H3,(H2,20,22,24). The van der Waals surface area contributed by atoms with Gasteiger partial charge in [0.15, 0.2) is 5.82 Å². The number of nitrogens with zero attached hydrogens (tertiary/aromatic N) is 3. The van der Waals surface area contributed by atoms with Crippen molar-refractivity contribution >= 4 is 34.5 Å². The average Bonchev–Trinajstić information content (AvgIpc) is 3.22. The first kappa shape index (κ1) is 15.3. The van der Waals surface area contributed by atoms with Gasteiger partial charge in [0.25, 0.3) is 0 Å². The molecule has 0 atom stereocenters. The number of aromatic nitrogens is 3. The minimum Gasteiger partial charge on any atom is -0.307 e. The molecule has 0 fully saturated rings. The summed E-state index contributed by atoms with van der Waals surface area (Å²) in [5.41, 5.74) is 4.65. The van der Waals surface area contributed by atoms with E-state index in [1.807, 2.05) is 58.6 Å². The summed E-state index contributed by atoms with van der Waals surface area (Å²) in [5, 5.41) is 9.29. The third-order valence-corrected chi connectivity index (χ3v) is 4.38. The van der Waals surface area contributed by atoms with Crippen molar-refractivity contribution in [3.8, 4) is 11.1 Å². The van der Waals surface area contributed by atoms with Gasteiger partial charge in [0.1, 0.15) is 5.65 Å². The summed E-state index contributed by atoms with van der Waals surface area (Å²) in [7, 11) is 0. The molecular formula is C18H15N5OS. The highest BCUT2D eigenvalue weighted by atomic mass is 32.1. The van der Waals surface area contributed by atoms with Gasteiger partial charge >= 0.3 is 6.03 Å². The zero-order valence-corrected chi connectivity index (χ0v) is 14.2. The molecule has 0 aliphatic carbocycles. The second-order valence-corrected chi connectivity index (χ2v) is 6.37. The van der Waals surface area contributed by atoms with Gasteiger partial charge in [0.2, 0.25) is 0 Å². The van der Waals surface area contributed by atoms with Crippen molar-refractivity contribution < 1.29 is 4.79 Å². The second kappa shape index (κ2) is 6.37. The lowest BCUT2D eigenvalue weighted by Crippen LogP contribution is -2.19. The molecule has 4 heterocycles. The van der Waals surface area contributed by atoms with Gasteiger partial charge in [-0.05, 0) is 53.8 Å². The topological polar surface area (TPSA) is 71.3 Å². The van der Waals surface area contributed by atoms with Gasteiger partial charge in [0, 0.05) is 23.5 Å². The van der Waals surface area contributed by atoms with E-state index in [2.05, 4.69) is 20.6 Å². The zero-order valence-electron chi connectivity index (χ0n) is 13.4. The van der Waals surface area contributed by atoms with Crippen molar-refractivity contribution in [2.24, 2.45) is 0 Å². The van der Waals surface area contributed by atoms with Crippen LogP contribution in [0.15, 0.2) is 59.7 Å². The Morgan fingerprint density at radius 3 is 2.84 bits per heavy atom. The Bertz CT molecular complexity index is 1040. The normalized spacial score (nSPS) is 10.8. The first-order valence-electron chi connectivity index (χ1n) is 7.69. The van der Waals surface area contributed by atoms with Crippen LogP contribution in [0.2, 0.25) is 0 Å². The van der Waals surface area contributed by atoms with Crippen molar-refractivity contribution in [1.29, 1.82) is 0 Å². The van der Waals surface area contributed by atoms with E-state index >= 15 is 0 Å². The van der Waals surface area contributed by atoms with Crippen LogP contribution in [-0.4, -0.2) is 20.4 Å². The Morgan fingerprint density at radius 2 is 2.04 bits per heavy atom. The molecule has 2 amide bonds. The highest BCUT2D eigenvalue weighted by molar-refractivity contribution is 7.08. The Labute approximate surface area is 148 Å². The minimum atomic E-state index is -0.313. The monoisotopic (exact) mass is 349 g/mol. The van der Waals surface area contributed by atoms with E-state index in [1.165, 1.54) is 11.3 Å². The van der Waals surface area contributed by atoms with Crippen molar-refractivity contribution in [3.05, 3.63) is 65.4 Å². The van der Waals surface area contributed by atoms with E-state index in [1.54, 1.807) is 12.4 Å². The molecule has 0 spiro atoms. The Balaban J connectivity index is 1.57. The van der Waals surface area contributed by atoms with Crippen LogP contribution in [0.25, 0.3) is 16.8 Å². The number of pyridine rings is 2. The lowest BCUT2D eigenvalue weighted by Gasteiger charge is -2.03. The first-order chi connectivity index (χ1) is 12.2. The summed E-state index contributed by atoms with van der Waals surface area (Å²) in [6.45, 7) is 1.97. The van der Waals surface area contributed by atoms with Crippen molar-refractivity contribution in [2.75, 3.05) is 10.6 Å². The van der Waals surface area contributed by atoms with Crippen LogP contribution in [0.5, 0.6) is 0 Å². The van der Waals surface area contributed by atoms with Gasteiger partial charge in [-0.2, -0.15) is 11.3 Å². The molecule has 6 nitrogen and oxygen atoms in total. The van der Waals surface area contributed by atoms with E-state index in [0.717, 1.165) is 28.2 Å². The maximum absolute atomic E-state index is 12.0. The van der Waals surface area contributed by atoms with E-state index in [-0.39, 0.29) is 6.03 Å². The van der Waals surface area contributed by atoms with Crippen molar-refractivity contribution in [1.82, 2.24) is 14.4 Å². The third-order valence-electron chi connectivity index (χ3n) is 3.70. The largest absolute Gasteiger partial charge is 0.324 e. The molecule has 2 N–H and O–H groups in total. The molecule has 0 radical (unpaired) electrons. The molecule has 7 heteroatoms.